The third-order valence-corrected chi connectivity index (χ3v) is 8.01. The molecular formula is C30H37N5O2. The normalized spacial score (nSPS) is 20.1. The van der Waals surface area contributed by atoms with Gasteiger partial charge in [-0.25, -0.2) is 0 Å². The maximum absolute atomic E-state index is 13.6. The Morgan fingerprint density at radius 3 is 2.51 bits per heavy atom. The fraction of sp³-hybridized carbons (Fsp3) is 0.433. The van der Waals surface area contributed by atoms with Crippen molar-refractivity contribution in [1.82, 2.24) is 20.2 Å². The Morgan fingerprint density at radius 1 is 1.03 bits per heavy atom. The maximum atomic E-state index is 13.6. The molecule has 3 heterocycles. The van der Waals surface area contributed by atoms with Crippen LogP contribution in [0.5, 0.6) is 0 Å². The average molecular weight is 500 g/mol. The van der Waals surface area contributed by atoms with Crippen LogP contribution in [0.25, 0.3) is 11.1 Å². The van der Waals surface area contributed by atoms with Crippen LogP contribution in [0.1, 0.15) is 60.0 Å². The van der Waals surface area contributed by atoms with Gasteiger partial charge in [0.2, 0.25) is 5.91 Å². The molecule has 1 atom stereocenters. The summed E-state index contributed by atoms with van der Waals surface area (Å²) in [6.45, 7) is 8.70. The number of anilines is 1. The Bertz CT molecular complexity index is 1250. The SMILES string of the molecule is Cc1ccnc(C)c1-c1ccc(NC(=O)[C@@H](NC(=O)c2ccc3n2CCNC3)C2CCC(C)CC2)cc1. The standard InChI is InChI=1S/C30H37N5O2/c1-19-4-6-23(7-5-19)28(34-29(36)26-13-12-25-18-31-16-17-35(25)26)30(37)33-24-10-8-22(9-11-24)27-20(2)14-15-32-21(27)3/h8-15,19,23,28,31H,4-7,16-18H2,1-3H3,(H,33,37)(H,34,36)/t19?,23?,28-/m0/s1. The predicted octanol–water partition coefficient (Wildman–Crippen LogP) is 4.83. The van der Waals surface area contributed by atoms with Crippen LogP contribution >= 0.6 is 0 Å². The zero-order chi connectivity index (χ0) is 25.9. The van der Waals surface area contributed by atoms with Crippen molar-refractivity contribution in [2.24, 2.45) is 11.8 Å². The molecule has 7 heteroatoms. The van der Waals surface area contributed by atoms with E-state index in [0.29, 0.717) is 11.6 Å². The van der Waals surface area contributed by atoms with Gasteiger partial charge in [-0.15, -0.1) is 0 Å². The molecule has 3 aromatic rings. The fourth-order valence-corrected chi connectivity index (χ4v) is 5.84. The molecular weight excluding hydrogens is 462 g/mol. The molecule has 37 heavy (non-hydrogen) atoms. The van der Waals surface area contributed by atoms with Crippen LogP contribution in [0.4, 0.5) is 5.69 Å². The van der Waals surface area contributed by atoms with Crippen LogP contribution in [-0.4, -0.2) is 34.0 Å². The maximum Gasteiger partial charge on any atom is 0.268 e. The van der Waals surface area contributed by atoms with Gasteiger partial charge in [0, 0.05) is 48.5 Å². The fourth-order valence-electron chi connectivity index (χ4n) is 5.84. The first-order valence-corrected chi connectivity index (χ1v) is 13.4. The van der Waals surface area contributed by atoms with E-state index >= 15 is 0 Å². The summed E-state index contributed by atoms with van der Waals surface area (Å²) >= 11 is 0. The number of rotatable bonds is 6. The number of carbonyl (C=O) groups is 2. The third-order valence-electron chi connectivity index (χ3n) is 8.01. The van der Waals surface area contributed by atoms with Gasteiger partial charge in [0.25, 0.3) is 5.91 Å². The lowest BCUT2D eigenvalue weighted by Gasteiger charge is -2.32. The van der Waals surface area contributed by atoms with Crippen molar-refractivity contribution in [2.75, 3.05) is 11.9 Å². The zero-order valence-corrected chi connectivity index (χ0v) is 22.0. The van der Waals surface area contributed by atoms with Crippen molar-refractivity contribution in [1.29, 1.82) is 0 Å². The van der Waals surface area contributed by atoms with Gasteiger partial charge in [0.1, 0.15) is 11.7 Å². The summed E-state index contributed by atoms with van der Waals surface area (Å²) in [7, 11) is 0. The summed E-state index contributed by atoms with van der Waals surface area (Å²) in [5, 5.41) is 9.55. The van der Waals surface area contributed by atoms with E-state index in [1.165, 1.54) is 5.56 Å². The second-order valence-corrected chi connectivity index (χ2v) is 10.7. The minimum atomic E-state index is -0.574. The summed E-state index contributed by atoms with van der Waals surface area (Å²) in [5.41, 5.74) is 6.79. The first-order valence-electron chi connectivity index (χ1n) is 13.4. The molecule has 2 aromatic heterocycles. The van der Waals surface area contributed by atoms with E-state index in [9.17, 15) is 9.59 Å². The number of aromatic nitrogens is 2. The summed E-state index contributed by atoms with van der Waals surface area (Å²) in [4.78, 5) is 31.4. The molecule has 7 nitrogen and oxygen atoms in total. The molecule has 1 aromatic carbocycles. The molecule has 1 aliphatic carbocycles. The van der Waals surface area contributed by atoms with Crippen molar-refractivity contribution < 1.29 is 9.59 Å². The highest BCUT2D eigenvalue weighted by Crippen LogP contribution is 2.32. The Balaban J connectivity index is 1.34. The highest BCUT2D eigenvalue weighted by atomic mass is 16.2. The number of amides is 2. The average Bonchev–Trinajstić information content (AvgIpc) is 3.33. The minimum absolute atomic E-state index is 0.123. The minimum Gasteiger partial charge on any atom is -0.339 e. The predicted molar refractivity (Wildman–Crippen MR) is 146 cm³/mol. The molecule has 5 rings (SSSR count). The lowest BCUT2D eigenvalue weighted by molar-refractivity contribution is -0.119. The largest absolute Gasteiger partial charge is 0.339 e. The highest BCUT2D eigenvalue weighted by Gasteiger charge is 2.33. The molecule has 194 valence electrons. The number of nitrogens with zero attached hydrogens (tertiary/aromatic N) is 2. The lowest BCUT2D eigenvalue weighted by atomic mass is 9.79. The van der Waals surface area contributed by atoms with Crippen molar-refractivity contribution >= 4 is 17.5 Å². The Kier molecular flexibility index (Phi) is 7.42. The smallest absolute Gasteiger partial charge is 0.268 e. The summed E-state index contributed by atoms with van der Waals surface area (Å²) < 4.78 is 2.06. The van der Waals surface area contributed by atoms with Crippen LogP contribution in [0.3, 0.4) is 0 Å². The zero-order valence-electron chi connectivity index (χ0n) is 22.0. The van der Waals surface area contributed by atoms with Crippen LogP contribution in [0.2, 0.25) is 0 Å². The van der Waals surface area contributed by atoms with Gasteiger partial charge in [0.15, 0.2) is 0 Å². The topological polar surface area (TPSA) is 88.1 Å². The third kappa shape index (κ3) is 5.47. The number of carbonyl (C=O) groups excluding carboxylic acids is 2. The lowest BCUT2D eigenvalue weighted by Crippen LogP contribution is -2.50. The van der Waals surface area contributed by atoms with E-state index in [1.54, 1.807) is 0 Å². The number of hydrogen-bond acceptors (Lipinski definition) is 4. The van der Waals surface area contributed by atoms with Gasteiger partial charge in [-0.1, -0.05) is 31.9 Å². The summed E-state index contributed by atoms with van der Waals surface area (Å²) in [6, 6.07) is 13.2. The quantitative estimate of drug-likeness (QED) is 0.453. The highest BCUT2D eigenvalue weighted by molar-refractivity contribution is 6.01. The number of benzene rings is 1. The number of nitrogens with one attached hydrogen (secondary N) is 3. The Hall–Kier alpha value is -3.45. The van der Waals surface area contributed by atoms with E-state index in [2.05, 4.69) is 39.3 Å². The molecule has 1 saturated carbocycles. The van der Waals surface area contributed by atoms with Gasteiger partial charge >= 0.3 is 0 Å². The summed E-state index contributed by atoms with van der Waals surface area (Å²) in [6.07, 6.45) is 5.86. The monoisotopic (exact) mass is 499 g/mol. The van der Waals surface area contributed by atoms with Gasteiger partial charge in [0.05, 0.1) is 0 Å². The molecule has 3 N–H and O–H groups in total. The van der Waals surface area contributed by atoms with Gasteiger partial charge in [-0.05, 0) is 80.0 Å². The van der Waals surface area contributed by atoms with Crippen molar-refractivity contribution in [3.63, 3.8) is 0 Å². The van der Waals surface area contributed by atoms with E-state index in [1.807, 2.05) is 55.6 Å². The van der Waals surface area contributed by atoms with E-state index < -0.39 is 6.04 Å². The molecule has 0 saturated heterocycles. The van der Waals surface area contributed by atoms with Gasteiger partial charge in [-0.3, -0.25) is 14.6 Å². The van der Waals surface area contributed by atoms with Gasteiger partial charge < -0.3 is 20.5 Å². The molecule has 2 amide bonds. The first-order chi connectivity index (χ1) is 17.9. The number of aryl methyl sites for hydroxylation is 2. The molecule has 1 aliphatic heterocycles. The first kappa shape index (κ1) is 25.2. The molecule has 2 aliphatic rings. The number of fused-ring (bicyclic) bond motifs is 1. The van der Waals surface area contributed by atoms with Crippen molar-refractivity contribution in [3.05, 3.63) is 71.3 Å². The van der Waals surface area contributed by atoms with Crippen molar-refractivity contribution in [2.45, 2.75) is 65.6 Å². The van der Waals surface area contributed by atoms with E-state index in [-0.39, 0.29) is 17.7 Å². The number of hydrogen-bond donors (Lipinski definition) is 3. The summed E-state index contributed by atoms with van der Waals surface area (Å²) in [5.74, 6) is 0.455. The van der Waals surface area contributed by atoms with E-state index in [4.69, 9.17) is 0 Å². The van der Waals surface area contributed by atoms with Gasteiger partial charge in [-0.2, -0.15) is 0 Å². The van der Waals surface area contributed by atoms with Crippen molar-refractivity contribution in [3.8, 4) is 11.1 Å². The molecule has 0 spiro atoms. The van der Waals surface area contributed by atoms with Crippen LogP contribution < -0.4 is 16.0 Å². The molecule has 0 radical (unpaired) electrons. The second kappa shape index (κ2) is 10.9. The van der Waals surface area contributed by atoms with Crippen LogP contribution in [0.15, 0.2) is 48.7 Å². The van der Waals surface area contributed by atoms with Crippen LogP contribution in [0, 0.1) is 25.7 Å². The number of pyridine rings is 1. The Labute approximate surface area is 219 Å². The molecule has 0 bridgehead atoms. The molecule has 1 fully saturated rings. The Morgan fingerprint density at radius 2 is 1.78 bits per heavy atom. The van der Waals surface area contributed by atoms with E-state index in [0.717, 1.165) is 73.5 Å². The second-order valence-electron chi connectivity index (χ2n) is 10.7. The molecule has 0 unspecified atom stereocenters. The van der Waals surface area contributed by atoms with Crippen LogP contribution in [-0.2, 0) is 17.9 Å².